The molecule has 6 heteroatoms. The second-order valence-corrected chi connectivity index (χ2v) is 6.43. The predicted octanol–water partition coefficient (Wildman–Crippen LogP) is 4.96. The number of fused-ring (bicyclic) bond motifs is 1. The van der Waals surface area contributed by atoms with Crippen molar-refractivity contribution in [3.8, 4) is 23.0 Å². The highest BCUT2D eigenvalue weighted by molar-refractivity contribution is 6.02. The van der Waals surface area contributed by atoms with Crippen LogP contribution < -0.4 is 10.1 Å². The Morgan fingerprint density at radius 3 is 2.64 bits per heavy atom. The summed E-state index contributed by atoms with van der Waals surface area (Å²) in [4.78, 5) is 16.3. The number of anilines is 1. The molecule has 28 heavy (non-hydrogen) atoms. The third-order valence-corrected chi connectivity index (χ3v) is 4.44. The van der Waals surface area contributed by atoms with Crippen molar-refractivity contribution in [2.45, 2.75) is 6.42 Å². The fourth-order valence-corrected chi connectivity index (χ4v) is 3.13. The lowest BCUT2D eigenvalue weighted by atomic mass is 10.1. The number of ether oxygens (including phenoxy) is 1. The summed E-state index contributed by atoms with van der Waals surface area (Å²) in [5, 5.41) is 3.37. The van der Waals surface area contributed by atoms with Crippen molar-refractivity contribution in [3.05, 3.63) is 84.8 Å². The minimum atomic E-state index is 0.700. The van der Waals surface area contributed by atoms with Gasteiger partial charge in [-0.1, -0.05) is 24.3 Å². The second kappa shape index (κ2) is 7.00. The van der Waals surface area contributed by atoms with Crippen molar-refractivity contribution >= 4 is 17.2 Å². The lowest BCUT2D eigenvalue weighted by Crippen LogP contribution is -2.11. The Bertz CT molecular complexity index is 1140. The zero-order valence-corrected chi connectivity index (χ0v) is 15.0. The molecule has 3 heterocycles. The van der Waals surface area contributed by atoms with E-state index in [1.165, 1.54) is 5.56 Å². The molecular weight excluding hydrogens is 350 g/mol. The Kier molecular flexibility index (Phi) is 4.06. The second-order valence-electron chi connectivity index (χ2n) is 6.43. The molecule has 0 bridgehead atoms. The van der Waals surface area contributed by atoms with Gasteiger partial charge < -0.3 is 15.0 Å². The number of nitrogens with zero attached hydrogens (tertiary/aromatic N) is 3. The first kappa shape index (κ1) is 16.3. The van der Waals surface area contributed by atoms with Gasteiger partial charge in [-0.2, -0.15) is 0 Å². The van der Waals surface area contributed by atoms with E-state index in [-0.39, 0.29) is 0 Å². The van der Waals surface area contributed by atoms with Gasteiger partial charge in [-0.15, -0.1) is 0 Å². The maximum atomic E-state index is 6.02. The average molecular weight is 367 g/mol. The molecule has 5 rings (SSSR count). The van der Waals surface area contributed by atoms with Crippen LogP contribution in [0.1, 0.15) is 5.56 Å². The van der Waals surface area contributed by atoms with E-state index in [0.717, 1.165) is 35.1 Å². The lowest BCUT2D eigenvalue weighted by molar-refractivity contribution is 0.482. The highest BCUT2D eigenvalue weighted by atomic mass is 16.5. The van der Waals surface area contributed by atoms with Gasteiger partial charge in [-0.05, 0) is 29.8 Å². The van der Waals surface area contributed by atoms with Crippen LogP contribution in [0, 0.1) is 0 Å². The highest BCUT2D eigenvalue weighted by Gasteiger charge is 2.16. The minimum Gasteiger partial charge on any atom is -0.457 e. The number of nitrogens with one attached hydrogen (secondary N) is 2. The maximum absolute atomic E-state index is 6.02. The molecule has 0 saturated heterocycles. The van der Waals surface area contributed by atoms with Gasteiger partial charge in [-0.25, -0.2) is 9.98 Å². The summed E-state index contributed by atoms with van der Waals surface area (Å²) in [6, 6.07) is 19.7. The van der Waals surface area contributed by atoms with Crippen molar-refractivity contribution in [2.24, 2.45) is 4.99 Å². The number of H-pyrrole nitrogens is 1. The summed E-state index contributed by atoms with van der Waals surface area (Å²) in [6.07, 6.45) is 5.96. The summed E-state index contributed by atoms with van der Waals surface area (Å²) >= 11 is 0. The first-order valence-electron chi connectivity index (χ1n) is 9.00. The Labute approximate surface area is 162 Å². The number of hydrogen-bond donors (Lipinski definition) is 2. The van der Waals surface area contributed by atoms with Crippen LogP contribution in [0.3, 0.4) is 0 Å². The molecule has 0 radical (unpaired) electrons. The van der Waals surface area contributed by atoms with Gasteiger partial charge in [-0.3, -0.25) is 4.98 Å². The van der Waals surface area contributed by atoms with Gasteiger partial charge >= 0.3 is 0 Å². The molecule has 0 saturated carbocycles. The van der Waals surface area contributed by atoms with Crippen molar-refractivity contribution in [1.29, 1.82) is 0 Å². The molecule has 1 aliphatic rings. The molecule has 0 unspecified atom stereocenters. The van der Waals surface area contributed by atoms with Crippen molar-refractivity contribution < 1.29 is 4.74 Å². The Hall–Kier alpha value is -3.93. The molecule has 0 spiro atoms. The van der Waals surface area contributed by atoms with Crippen molar-refractivity contribution in [2.75, 3.05) is 5.32 Å². The molecule has 0 atom stereocenters. The molecule has 0 fully saturated rings. The Balaban J connectivity index is 1.35. The highest BCUT2D eigenvalue weighted by Crippen LogP contribution is 2.33. The predicted molar refractivity (Wildman–Crippen MR) is 109 cm³/mol. The van der Waals surface area contributed by atoms with E-state index in [1.54, 1.807) is 18.6 Å². The number of amidine groups is 1. The maximum Gasteiger partial charge on any atom is 0.156 e. The SMILES string of the molecule is c1ccc(NC2=Nc3cc(Oc4ccnc(-c5ncc[nH]5)c4)ccc3C2)cc1. The standard InChI is InChI=1S/C22H17N5O/c1-2-4-16(5-3-1)26-21-12-15-6-7-17(13-19(15)27-21)28-18-8-9-23-20(14-18)22-24-10-11-25-22/h1-11,13-14H,12H2,(H,24,25)(H,26,27). The van der Waals surface area contributed by atoms with Crippen molar-refractivity contribution in [3.63, 3.8) is 0 Å². The molecular formula is C22H17N5O. The number of benzene rings is 2. The average Bonchev–Trinajstić information content (AvgIpc) is 3.38. The number of para-hydroxylation sites is 1. The largest absolute Gasteiger partial charge is 0.457 e. The Morgan fingerprint density at radius 2 is 1.79 bits per heavy atom. The first-order valence-corrected chi connectivity index (χ1v) is 9.00. The lowest BCUT2D eigenvalue weighted by Gasteiger charge is -2.07. The molecule has 136 valence electrons. The molecule has 6 nitrogen and oxygen atoms in total. The van der Waals surface area contributed by atoms with Crippen LogP contribution in [0.5, 0.6) is 11.5 Å². The zero-order valence-electron chi connectivity index (χ0n) is 15.0. The number of pyridine rings is 1. The quantitative estimate of drug-likeness (QED) is 0.534. The number of aliphatic imine (C=N–C) groups is 1. The molecule has 0 amide bonds. The van der Waals surface area contributed by atoms with Gasteiger partial charge in [0.2, 0.25) is 0 Å². The fourth-order valence-electron chi connectivity index (χ4n) is 3.13. The van der Waals surface area contributed by atoms with E-state index in [9.17, 15) is 0 Å². The third kappa shape index (κ3) is 3.35. The van der Waals surface area contributed by atoms with Crippen LogP contribution in [-0.2, 0) is 6.42 Å². The van der Waals surface area contributed by atoms with Crippen LogP contribution in [0.4, 0.5) is 11.4 Å². The summed E-state index contributed by atoms with van der Waals surface area (Å²) in [5.41, 5.74) is 3.87. The number of aromatic nitrogens is 3. The molecule has 2 aromatic carbocycles. The fraction of sp³-hybridized carbons (Fsp3) is 0.0455. The summed E-state index contributed by atoms with van der Waals surface area (Å²) in [5.74, 6) is 3.08. The third-order valence-electron chi connectivity index (χ3n) is 4.44. The van der Waals surface area contributed by atoms with E-state index in [1.807, 2.05) is 54.6 Å². The van der Waals surface area contributed by atoms with Gasteiger partial charge in [0.05, 0.1) is 5.69 Å². The topological polar surface area (TPSA) is 75.2 Å². The van der Waals surface area contributed by atoms with Crippen LogP contribution in [0.25, 0.3) is 11.5 Å². The molecule has 2 N–H and O–H groups in total. The normalized spacial score (nSPS) is 12.4. The molecule has 4 aromatic rings. The molecule has 1 aliphatic heterocycles. The number of hydrogen-bond acceptors (Lipinski definition) is 5. The molecule has 0 aliphatic carbocycles. The van der Waals surface area contributed by atoms with E-state index >= 15 is 0 Å². The first-order chi connectivity index (χ1) is 13.8. The van der Waals surface area contributed by atoms with E-state index in [0.29, 0.717) is 11.6 Å². The number of aromatic amines is 1. The summed E-state index contributed by atoms with van der Waals surface area (Å²) in [7, 11) is 0. The van der Waals surface area contributed by atoms with E-state index in [2.05, 4.69) is 26.3 Å². The van der Waals surface area contributed by atoms with E-state index in [4.69, 9.17) is 9.73 Å². The van der Waals surface area contributed by atoms with Crippen LogP contribution in [-0.4, -0.2) is 20.8 Å². The minimum absolute atomic E-state index is 0.700. The van der Waals surface area contributed by atoms with E-state index < -0.39 is 0 Å². The van der Waals surface area contributed by atoms with Gasteiger partial charge in [0.15, 0.2) is 5.82 Å². The molecule has 2 aromatic heterocycles. The van der Waals surface area contributed by atoms with Crippen LogP contribution in [0.15, 0.2) is 84.2 Å². The van der Waals surface area contributed by atoms with Crippen molar-refractivity contribution in [1.82, 2.24) is 15.0 Å². The number of rotatable bonds is 4. The van der Waals surface area contributed by atoms with Crippen LogP contribution >= 0.6 is 0 Å². The summed E-state index contributed by atoms with van der Waals surface area (Å²) < 4.78 is 6.02. The summed E-state index contributed by atoms with van der Waals surface area (Å²) in [6.45, 7) is 0. The monoisotopic (exact) mass is 367 g/mol. The smallest absolute Gasteiger partial charge is 0.156 e. The Morgan fingerprint density at radius 1 is 0.893 bits per heavy atom. The zero-order chi connectivity index (χ0) is 18.8. The van der Waals surface area contributed by atoms with Gasteiger partial charge in [0.1, 0.15) is 23.0 Å². The van der Waals surface area contributed by atoms with Crippen LogP contribution in [0.2, 0.25) is 0 Å². The van der Waals surface area contributed by atoms with Gasteiger partial charge in [0.25, 0.3) is 0 Å². The van der Waals surface area contributed by atoms with Gasteiger partial charge in [0, 0.05) is 42.8 Å². The number of imidazole rings is 1.